The van der Waals surface area contributed by atoms with Crippen LogP contribution in [0.15, 0.2) is 23.6 Å². The predicted molar refractivity (Wildman–Crippen MR) is 40.6 cm³/mol. The molecule has 0 spiro atoms. The fourth-order valence-electron chi connectivity index (χ4n) is 0.244. The normalized spacial score (nSPS) is 11.1. The van der Waals surface area contributed by atoms with Crippen LogP contribution in [0.5, 0.6) is 0 Å². The van der Waals surface area contributed by atoms with E-state index in [4.69, 9.17) is 5.41 Å². The molecule has 2 heteroatoms. The highest BCUT2D eigenvalue weighted by Gasteiger charge is 1.59. The summed E-state index contributed by atoms with van der Waals surface area (Å²) in [6, 6.07) is 0. The van der Waals surface area contributed by atoms with Crippen molar-refractivity contribution in [3.63, 3.8) is 0 Å². The van der Waals surface area contributed by atoms with E-state index in [1.165, 1.54) is 6.21 Å². The molecule has 0 saturated heterocycles. The topological polar surface area (TPSA) is 23.9 Å². The predicted octanol–water partition coefficient (Wildman–Crippen LogP) is 2.07. The summed E-state index contributed by atoms with van der Waals surface area (Å²) in [4.78, 5) is 0. The molecule has 1 N–H and O–H groups in total. The molecule has 0 unspecified atom stereocenters. The summed E-state index contributed by atoms with van der Waals surface area (Å²) in [5.41, 5.74) is 0. The summed E-state index contributed by atoms with van der Waals surface area (Å²) in [5, 5.41) is 8.54. The minimum Gasteiger partial charge on any atom is -0.309 e. The van der Waals surface area contributed by atoms with Crippen LogP contribution in [0.25, 0.3) is 0 Å². The average Bonchev–Trinajstić information content (AvgIpc) is 1.81. The van der Waals surface area contributed by atoms with Crippen molar-refractivity contribution in [3.05, 3.63) is 23.6 Å². The van der Waals surface area contributed by atoms with E-state index in [9.17, 15) is 0 Å². The maximum absolute atomic E-state index is 6.59. The van der Waals surface area contributed by atoms with Crippen molar-refractivity contribution in [2.24, 2.45) is 0 Å². The third-order valence-corrected chi connectivity index (χ3v) is 0.962. The highest BCUT2D eigenvalue weighted by Crippen LogP contribution is 1.91. The fraction of sp³-hybridized carbons (Fsp3) is 0.167. The van der Waals surface area contributed by atoms with Crippen LogP contribution in [-0.2, 0) is 0 Å². The van der Waals surface area contributed by atoms with Crippen LogP contribution in [0.2, 0.25) is 0 Å². The Morgan fingerprint density at radius 2 is 2.00 bits per heavy atom. The number of nitrogens with one attached hydrogen (secondary N) is 1. The van der Waals surface area contributed by atoms with E-state index < -0.39 is 0 Å². The molecule has 0 amide bonds. The van der Waals surface area contributed by atoms with E-state index in [0.29, 0.717) is 0 Å². The molecular weight excluding hydrogens is 118 g/mol. The van der Waals surface area contributed by atoms with Crippen molar-refractivity contribution < 1.29 is 0 Å². The molecule has 0 saturated carbocycles. The molecule has 0 heterocycles. The van der Waals surface area contributed by atoms with Gasteiger partial charge in [0.2, 0.25) is 0 Å². The molecule has 0 aromatic rings. The SMILES string of the molecule is CS/C=C/C=C\C=N. The minimum absolute atomic E-state index is 1.25. The van der Waals surface area contributed by atoms with Gasteiger partial charge in [0.15, 0.2) is 0 Å². The first kappa shape index (κ1) is 7.50. The fourth-order valence-corrected chi connectivity index (χ4v) is 0.491. The third-order valence-electron chi connectivity index (χ3n) is 0.533. The average molecular weight is 127 g/mol. The van der Waals surface area contributed by atoms with Crippen molar-refractivity contribution in [3.8, 4) is 0 Å². The van der Waals surface area contributed by atoms with Gasteiger partial charge in [0, 0.05) is 6.21 Å². The van der Waals surface area contributed by atoms with Crippen LogP contribution in [0, 0.1) is 5.41 Å². The molecule has 0 aliphatic heterocycles. The summed E-state index contributed by atoms with van der Waals surface area (Å²) in [5.74, 6) is 0. The van der Waals surface area contributed by atoms with Crippen LogP contribution in [0.4, 0.5) is 0 Å². The van der Waals surface area contributed by atoms with E-state index in [2.05, 4.69) is 0 Å². The molecule has 0 aliphatic carbocycles. The molecule has 0 aliphatic rings. The summed E-state index contributed by atoms with van der Waals surface area (Å²) >= 11 is 1.65. The van der Waals surface area contributed by atoms with Gasteiger partial charge in [0.25, 0.3) is 0 Å². The second-order valence-corrected chi connectivity index (χ2v) is 1.86. The zero-order chi connectivity index (χ0) is 6.24. The Bertz CT molecular complexity index is 105. The Hall–Kier alpha value is -0.500. The first-order chi connectivity index (χ1) is 3.91. The van der Waals surface area contributed by atoms with Crippen molar-refractivity contribution in [1.82, 2.24) is 0 Å². The maximum Gasteiger partial charge on any atom is 0.0177 e. The lowest BCUT2D eigenvalue weighted by atomic mass is 10.5. The first-order valence-corrected chi connectivity index (χ1v) is 3.55. The maximum atomic E-state index is 6.59. The Balaban J connectivity index is 3.26. The molecule has 0 rings (SSSR count). The van der Waals surface area contributed by atoms with E-state index in [-0.39, 0.29) is 0 Å². The molecule has 0 aromatic heterocycles. The summed E-state index contributed by atoms with van der Waals surface area (Å²) in [6.45, 7) is 0. The highest BCUT2D eigenvalue weighted by molar-refractivity contribution is 8.01. The van der Waals surface area contributed by atoms with Crippen molar-refractivity contribution in [1.29, 1.82) is 5.41 Å². The van der Waals surface area contributed by atoms with Gasteiger partial charge in [0.1, 0.15) is 0 Å². The van der Waals surface area contributed by atoms with E-state index in [0.717, 1.165) is 0 Å². The van der Waals surface area contributed by atoms with E-state index >= 15 is 0 Å². The third kappa shape index (κ3) is 5.50. The Kier molecular flexibility index (Phi) is 6.09. The summed E-state index contributed by atoms with van der Waals surface area (Å²) in [7, 11) is 0. The summed E-state index contributed by atoms with van der Waals surface area (Å²) < 4.78 is 0. The Morgan fingerprint density at radius 3 is 2.50 bits per heavy atom. The number of hydrogen-bond donors (Lipinski definition) is 1. The quantitative estimate of drug-likeness (QED) is 0.455. The van der Waals surface area contributed by atoms with Gasteiger partial charge in [-0.3, -0.25) is 0 Å². The van der Waals surface area contributed by atoms with Crippen LogP contribution in [0.3, 0.4) is 0 Å². The second-order valence-electron chi connectivity index (χ2n) is 1.12. The lowest BCUT2D eigenvalue weighted by molar-refractivity contribution is 1.58. The first-order valence-electron chi connectivity index (χ1n) is 2.27. The zero-order valence-corrected chi connectivity index (χ0v) is 5.61. The largest absolute Gasteiger partial charge is 0.309 e. The number of hydrogen-bond acceptors (Lipinski definition) is 2. The molecule has 8 heavy (non-hydrogen) atoms. The van der Waals surface area contributed by atoms with Gasteiger partial charge < -0.3 is 5.41 Å². The van der Waals surface area contributed by atoms with Gasteiger partial charge in [-0.1, -0.05) is 12.2 Å². The highest BCUT2D eigenvalue weighted by atomic mass is 32.2. The van der Waals surface area contributed by atoms with Gasteiger partial charge in [-0.15, -0.1) is 11.8 Å². The van der Waals surface area contributed by atoms with Crippen LogP contribution in [-0.4, -0.2) is 12.5 Å². The van der Waals surface area contributed by atoms with Crippen molar-refractivity contribution >= 4 is 18.0 Å². The minimum atomic E-state index is 1.25. The van der Waals surface area contributed by atoms with Crippen molar-refractivity contribution in [2.45, 2.75) is 0 Å². The van der Waals surface area contributed by atoms with Crippen LogP contribution < -0.4 is 0 Å². The molecule has 0 fully saturated rings. The van der Waals surface area contributed by atoms with Crippen molar-refractivity contribution in [2.75, 3.05) is 6.26 Å². The van der Waals surface area contributed by atoms with Gasteiger partial charge >= 0.3 is 0 Å². The lowest BCUT2D eigenvalue weighted by Crippen LogP contribution is -1.52. The molecule has 0 atom stereocenters. The lowest BCUT2D eigenvalue weighted by Gasteiger charge is -1.71. The van der Waals surface area contributed by atoms with Crippen LogP contribution in [0.1, 0.15) is 0 Å². The van der Waals surface area contributed by atoms with Gasteiger partial charge in [0.05, 0.1) is 0 Å². The van der Waals surface area contributed by atoms with Gasteiger partial charge in [-0.25, -0.2) is 0 Å². The Morgan fingerprint density at radius 1 is 1.25 bits per heavy atom. The van der Waals surface area contributed by atoms with E-state index in [1.807, 2.05) is 23.8 Å². The number of rotatable bonds is 3. The molecule has 1 nitrogen and oxygen atoms in total. The summed E-state index contributed by atoms with van der Waals surface area (Å²) in [6.07, 6.45) is 8.64. The smallest absolute Gasteiger partial charge is 0.0177 e. The number of allylic oxidation sites excluding steroid dienone is 3. The zero-order valence-electron chi connectivity index (χ0n) is 4.79. The molecule has 44 valence electrons. The Labute approximate surface area is 54.0 Å². The van der Waals surface area contributed by atoms with Gasteiger partial charge in [-0.05, 0) is 17.7 Å². The second kappa shape index (κ2) is 6.50. The molecule has 0 radical (unpaired) electrons. The van der Waals surface area contributed by atoms with Gasteiger partial charge in [-0.2, -0.15) is 0 Å². The number of thioether (sulfide) groups is 1. The van der Waals surface area contributed by atoms with E-state index in [1.54, 1.807) is 17.8 Å². The molecule has 0 bridgehead atoms. The van der Waals surface area contributed by atoms with Crippen LogP contribution >= 0.6 is 11.8 Å². The molecule has 0 aromatic carbocycles. The standard InChI is InChI=1S/C6H9NS/c1-8-6-4-2-3-5-7/h2-7H,1H3/b3-2-,6-4+,7-5?. The monoisotopic (exact) mass is 127 g/mol. The molecular formula is C6H9NS.